The van der Waals surface area contributed by atoms with Crippen molar-refractivity contribution in [2.75, 3.05) is 27.9 Å². The zero-order valence-corrected chi connectivity index (χ0v) is 16.4. The number of nitrogens with zero attached hydrogens (tertiary/aromatic N) is 1. The van der Waals surface area contributed by atoms with Gasteiger partial charge < -0.3 is 18.9 Å². The monoisotopic (exact) mass is 412 g/mol. The zero-order valence-electron chi connectivity index (χ0n) is 14.9. The molecule has 2 rings (SSSR count). The Morgan fingerprint density at radius 2 is 1.74 bits per heavy atom. The van der Waals surface area contributed by atoms with Gasteiger partial charge in [0.1, 0.15) is 10.8 Å². The number of hydrazone groups is 1. The lowest BCUT2D eigenvalue weighted by molar-refractivity contribution is -0.123. The van der Waals surface area contributed by atoms with Gasteiger partial charge in [0, 0.05) is 5.56 Å². The van der Waals surface area contributed by atoms with E-state index in [0.29, 0.717) is 33.6 Å². The lowest BCUT2D eigenvalue weighted by Crippen LogP contribution is -2.24. The second-order valence-corrected chi connectivity index (χ2v) is 5.88. The maximum Gasteiger partial charge on any atom is 0.277 e. The highest BCUT2D eigenvalue weighted by Crippen LogP contribution is 2.37. The molecule has 27 heavy (non-hydrogen) atoms. The molecule has 0 aliphatic carbocycles. The minimum atomic E-state index is -0.463. The minimum absolute atomic E-state index is 0.243. The molecule has 2 aromatic rings. The quantitative estimate of drug-likeness (QED) is 0.529. The number of halogens is 2. The maximum atomic E-state index is 11.9. The van der Waals surface area contributed by atoms with E-state index < -0.39 is 5.91 Å². The molecule has 0 heterocycles. The van der Waals surface area contributed by atoms with Crippen LogP contribution in [0.25, 0.3) is 0 Å². The number of amides is 1. The number of hydrogen-bond acceptors (Lipinski definition) is 6. The number of rotatable bonds is 8. The number of carbonyl (C=O) groups is 1. The standard InChI is InChI=1S/C18H18Cl2N2O5/c1-24-14-7-11(8-15(25-2)18(14)26-3)9-21-22-16(23)10-27-13-6-4-5-12(19)17(13)20/h4-9H,10H2,1-3H3,(H,22,23)/b21-9+. The summed E-state index contributed by atoms with van der Waals surface area (Å²) in [6.07, 6.45) is 1.44. The molecule has 0 aromatic heterocycles. The summed E-state index contributed by atoms with van der Waals surface area (Å²) in [4.78, 5) is 11.9. The Morgan fingerprint density at radius 1 is 1.07 bits per heavy atom. The molecule has 0 saturated heterocycles. The van der Waals surface area contributed by atoms with Crippen molar-refractivity contribution in [1.82, 2.24) is 5.43 Å². The molecule has 0 fully saturated rings. The van der Waals surface area contributed by atoms with Gasteiger partial charge in [-0.15, -0.1) is 0 Å². The first kappa shape index (κ1) is 20.7. The van der Waals surface area contributed by atoms with Crippen LogP contribution in [0.1, 0.15) is 5.56 Å². The van der Waals surface area contributed by atoms with E-state index in [2.05, 4.69) is 10.5 Å². The van der Waals surface area contributed by atoms with E-state index in [1.165, 1.54) is 27.5 Å². The molecule has 1 N–H and O–H groups in total. The van der Waals surface area contributed by atoms with Gasteiger partial charge >= 0.3 is 0 Å². The fourth-order valence-electron chi connectivity index (χ4n) is 2.13. The van der Waals surface area contributed by atoms with Crippen LogP contribution in [0.15, 0.2) is 35.4 Å². The van der Waals surface area contributed by atoms with Crippen molar-refractivity contribution in [3.05, 3.63) is 45.9 Å². The molecule has 7 nitrogen and oxygen atoms in total. The van der Waals surface area contributed by atoms with E-state index in [1.54, 1.807) is 30.3 Å². The van der Waals surface area contributed by atoms with E-state index in [0.717, 1.165) is 0 Å². The van der Waals surface area contributed by atoms with Crippen molar-refractivity contribution in [2.45, 2.75) is 0 Å². The Hall–Kier alpha value is -2.64. The number of ether oxygens (including phenoxy) is 4. The molecule has 2 aromatic carbocycles. The Kier molecular flexibility index (Phi) is 7.57. The molecule has 0 unspecified atom stereocenters. The molecule has 0 saturated carbocycles. The largest absolute Gasteiger partial charge is 0.493 e. The maximum absolute atomic E-state index is 11.9. The molecule has 144 valence electrons. The van der Waals surface area contributed by atoms with Crippen molar-refractivity contribution < 1.29 is 23.7 Å². The van der Waals surface area contributed by atoms with Crippen molar-refractivity contribution in [1.29, 1.82) is 0 Å². The van der Waals surface area contributed by atoms with Crippen LogP contribution in [0.3, 0.4) is 0 Å². The average Bonchev–Trinajstić information content (AvgIpc) is 2.68. The fraction of sp³-hybridized carbons (Fsp3) is 0.222. The van der Waals surface area contributed by atoms with E-state index in [1.807, 2.05) is 0 Å². The fourth-order valence-corrected chi connectivity index (χ4v) is 2.47. The van der Waals surface area contributed by atoms with Gasteiger partial charge in [0.05, 0.1) is 32.6 Å². The van der Waals surface area contributed by atoms with Gasteiger partial charge in [-0.2, -0.15) is 5.10 Å². The Labute approximate surface area is 166 Å². The van der Waals surface area contributed by atoms with Crippen molar-refractivity contribution in [3.63, 3.8) is 0 Å². The van der Waals surface area contributed by atoms with E-state index in [4.69, 9.17) is 42.1 Å². The zero-order chi connectivity index (χ0) is 19.8. The molecule has 0 aliphatic heterocycles. The Morgan fingerprint density at radius 3 is 2.33 bits per heavy atom. The van der Waals surface area contributed by atoms with Crippen LogP contribution in [0.4, 0.5) is 0 Å². The summed E-state index contributed by atoms with van der Waals surface area (Å²) < 4.78 is 21.1. The number of carbonyl (C=O) groups excluding carboxylic acids is 1. The highest BCUT2D eigenvalue weighted by Gasteiger charge is 2.12. The Bertz CT molecular complexity index is 817. The predicted octanol–water partition coefficient (Wildman–Crippen LogP) is 3.55. The summed E-state index contributed by atoms with van der Waals surface area (Å²) in [5.74, 6) is 1.27. The number of benzene rings is 2. The summed E-state index contributed by atoms with van der Waals surface area (Å²) in [5.41, 5.74) is 3.00. The van der Waals surface area contributed by atoms with Crippen LogP contribution in [0.5, 0.6) is 23.0 Å². The normalized spacial score (nSPS) is 10.6. The van der Waals surface area contributed by atoms with Crippen LogP contribution in [0.2, 0.25) is 10.0 Å². The smallest absolute Gasteiger partial charge is 0.277 e. The van der Waals surface area contributed by atoms with E-state index in [9.17, 15) is 4.79 Å². The summed E-state index contributed by atoms with van der Waals surface area (Å²) in [5, 5.41) is 4.47. The van der Waals surface area contributed by atoms with Crippen molar-refractivity contribution >= 4 is 35.3 Å². The lowest BCUT2D eigenvalue weighted by Gasteiger charge is -2.12. The molecule has 1 amide bonds. The molecule has 0 bridgehead atoms. The highest BCUT2D eigenvalue weighted by molar-refractivity contribution is 6.42. The molecule has 9 heteroatoms. The molecular formula is C18H18Cl2N2O5. The molecule has 0 aliphatic rings. The summed E-state index contributed by atoms with van der Waals surface area (Å²) in [6, 6.07) is 8.29. The van der Waals surface area contributed by atoms with Crippen molar-refractivity contribution in [2.24, 2.45) is 5.10 Å². The molecular weight excluding hydrogens is 395 g/mol. The highest BCUT2D eigenvalue weighted by atomic mass is 35.5. The van der Waals surface area contributed by atoms with Crippen LogP contribution in [-0.4, -0.2) is 40.1 Å². The average molecular weight is 413 g/mol. The van der Waals surface area contributed by atoms with E-state index >= 15 is 0 Å². The lowest BCUT2D eigenvalue weighted by atomic mass is 10.2. The van der Waals surface area contributed by atoms with Gasteiger partial charge in [0.25, 0.3) is 5.91 Å². The number of methoxy groups -OCH3 is 3. The van der Waals surface area contributed by atoms with Crippen LogP contribution < -0.4 is 24.4 Å². The van der Waals surface area contributed by atoms with Gasteiger partial charge in [0.2, 0.25) is 5.75 Å². The molecule has 0 atom stereocenters. The second-order valence-electron chi connectivity index (χ2n) is 5.09. The van der Waals surface area contributed by atoms with Gasteiger partial charge in [0.15, 0.2) is 18.1 Å². The number of nitrogens with one attached hydrogen (secondary N) is 1. The number of hydrogen-bond donors (Lipinski definition) is 1. The van der Waals surface area contributed by atoms with Gasteiger partial charge in [-0.1, -0.05) is 29.3 Å². The predicted molar refractivity (Wildman–Crippen MR) is 104 cm³/mol. The third kappa shape index (κ3) is 5.42. The molecule has 0 spiro atoms. The summed E-state index contributed by atoms with van der Waals surface area (Å²) in [6.45, 7) is -0.271. The van der Waals surface area contributed by atoms with E-state index in [-0.39, 0.29) is 11.6 Å². The summed E-state index contributed by atoms with van der Waals surface area (Å²) in [7, 11) is 4.54. The van der Waals surface area contributed by atoms with Gasteiger partial charge in [-0.25, -0.2) is 5.43 Å². The summed E-state index contributed by atoms with van der Waals surface area (Å²) >= 11 is 11.9. The SMILES string of the molecule is COc1cc(/C=N/NC(=O)COc2cccc(Cl)c2Cl)cc(OC)c1OC. The first-order chi connectivity index (χ1) is 13.0. The second kappa shape index (κ2) is 9.89. The van der Waals surface area contributed by atoms with Gasteiger partial charge in [-0.05, 0) is 24.3 Å². The van der Waals surface area contributed by atoms with Gasteiger partial charge in [-0.3, -0.25) is 4.79 Å². The van der Waals surface area contributed by atoms with Crippen LogP contribution in [-0.2, 0) is 4.79 Å². The van der Waals surface area contributed by atoms with Crippen LogP contribution in [0, 0.1) is 0 Å². The van der Waals surface area contributed by atoms with Crippen molar-refractivity contribution in [3.8, 4) is 23.0 Å². The first-order valence-corrected chi connectivity index (χ1v) is 8.44. The first-order valence-electron chi connectivity index (χ1n) is 7.68. The van der Waals surface area contributed by atoms with Crippen LogP contribution >= 0.6 is 23.2 Å². The minimum Gasteiger partial charge on any atom is -0.493 e. The molecule has 0 radical (unpaired) electrons. The Balaban J connectivity index is 1.98. The topological polar surface area (TPSA) is 78.4 Å². The third-order valence-electron chi connectivity index (χ3n) is 3.36. The third-order valence-corrected chi connectivity index (χ3v) is 4.17.